The third kappa shape index (κ3) is 6.52. The van der Waals surface area contributed by atoms with Crippen LogP contribution in [0.25, 0.3) is 0 Å². The van der Waals surface area contributed by atoms with Gasteiger partial charge in [-0.15, -0.1) is 4.28 Å². The van der Waals surface area contributed by atoms with Crippen molar-refractivity contribution in [3.05, 3.63) is 0 Å². The maximum atomic E-state index is 12.6. The number of aliphatic imine (C=N–C) groups is 1. The van der Waals surface area contributed by atoms with E-state index in [0.717, 1.165) is 0 Å². The van der Waals surface area contributed by atoms with Gasteiger partial charge in [-0.25, -0.2) is 15.1 Å². The molecule has 0 aromatic heterocycles. The molecule has 0 aromatic carbocycles. The molecule has 3 saturated heterocycles. The molecule has 2 N–H and O–H groups in total. The zero-order valence-corrected chi connectivity index (χ0v) is 19.7. The molecular weight excluding hydrogens is 462 g/mol. The van der Waals surface area contributed by atoms with E-state index in [1.165, 1.54) is 4.90 Å². The molecule has 0 aliphatic carbocycles. The van der Waals surface area contributed by atoms with E-state index in [2.05, 4.69) is 14.8 Å². The lowest BCUT2D eigenvalue weighted by molar-refractivity contribution is -0.143. The lowest BCUT2D eigenvalue weighted by Crippen LogP contribution is -2.50. The number of nitrogens with one attached hydrogen (secondary N) is 1. The average molecular weight is 492 g/mol. The second-order valence-corrected chi connectivity index (χ2v) is 10.1. The first-order chi connectivity index (χ1) is 15.2. The highest BCUT2D eigenvalue weighted by Gasteiger charge is 2.49. The zero-order chi connectivity index (χ0) is 24.6. The summed E-state index contributed by atoms with van der Waals surface area (Å²) in [5.41, 5.74) is 1.73. The highest BCUT2D eigenvalue weighted by atomic mass is 32.3. The van der Waals surface area contributed by atoms with Crippen LogP contribution in [0, 0.1) is 0 Å². The minimum atomic E-state index is -4.86. The molecule has 14 nitrogen and oxygen atoms in total. The number of amides is 4. The van der Waals surface area contributed by atoms with Gasteiger partial charge < -0.3 is 14.5 Å². The highest BCUT2D eigenvalue weighted by Crippen LogP contribution is 2.30. The summed E-state index contributed by atoms with van der Waals surface area (Å²) in [6, 6.07) is -2.27. The fourth-order valence-corrected chi connectivity index (χ4v) is 4.31. The molecule has 3 heterocycles. The quantitative estimate of drug-likeness (QED) is 0.239. The van der Waals surface area contributed by atoms with E-state index in [9.17, 15) is 22.8 Å². The van der Waals surface area contributed by atoms with Crippen LogP contribution in [0.4, 0.5) is 9.59 Å². The number of hydrogen-bond donors (Lipinski definition) is 2. The Bertz CT molecular complexity index is 932. The van der Waals surface area contributed by atoms with Crippen molar-refractivity contribution in [3.8, 4) is 0 Å². The molecule has 3 aliphatic rings. The van der Waals surface area contributed by atoms with Gasteiger partial charge in [-0.2, -0.15) is 18.5 Å². The molecule has 0 saturated carbocycles. The Balaban J connectivity index is 1.49. The molecule has 3 rings (SSSR count). The monoisotopic (exact) mass is 491 g/mol. The molecule has 4 amide bonds. The van der Waals surface area contributed by atoms with Crippen molar-refractivity contribution in [3.63, 3.8) is 0 Å². The molecule has 3 aliphatic heterocycles. The van der Waals surface area contributed by atoms with Crippen LogP contribution in [0.5, 0.6) is 0 Å². The van der Waals surface area contributed by atoms with Gasteiger partial charge in [-0.3, -0.25) is 14.2 Å². The molecule has 33 heavy (non-hydrogen) atoms. The summed E-state index contributed by atoms with van der Waals surface area (Å²) in [6.45, 7) is 7.98. The van der Waals surface area contributed by atoms with Crippen LogP contribution in [0.1, 0.15) is 47.0 Å². The van der Waals surface area contributed by atoms with Crippen LogP contribution in [-0.4, -0.2) is 95.1 Å². The first kappa shape index (κ1) is 25.1. The van der Waals surface area contributed by atoms with Crippen LogP contribution < -0.4 is 5.48 Å². The molecule has 15 heteroatoms. The van der Waals surface area contributed by atoms with Crippen LogP contribution in [0.2, 0.25) is 0 Å². The third-order valence-electron chi connectivity index (χ3n) is 5.38. The highest BCUT2D eigenvalue weighted by molar-refractivity contribution is 7.80. The van der Waals surface area contributed by atoms with Crippen LogP contribution in [0.15, 0.2) is 4.99 Å². The van der Waals surface area contributed by atoms with Gasteiger partial charge in [0.15, 0.2) is 0 Å². The number of carbonyl (C=O) groups is 3. The number of nitrogens with zero attached hydrogens (tertiary/aromatic N) is 4. The van der Waals surface area contributed by atoms with E-state index in [1.54, 1.807) is 27.7 Å². The van der Waals surface area contributed by atoms with E-state index in [-0.39, 0.29) is 19.1 Å². The van der Waals surface area contributed by atoms with E-state index in [1.807, 2.05) is 4.90 Å². The summed E-state index contributed by atoms with van der Waals surface area (Å²) >= 11 is 0. The van der Waals surface area contributed by atoms with Gasteiger partial charge >= 0.3 is 22.5 Å². The molecule has 0 spiro atoms. The van der Waals surface area contributed by atoms with Crippen LogP contribution in [0.3, 0.4) is 0 Å². The summed E-state index contributed by atoms with van der Waals surface area (Å²) in [7, 11) is -4.86. The maximum Gasteiger partial charge on any atom is 0.435 e. The molecule has 3 fully saturated rings. The number of fused-ring (bicyclic) bond motifs is 2. The topological polar surface area (TPSA) is 167 Å². The number of hydrogen-bond acceptors (Lipinski definition) is 8. The fraction of sp³-hybridized carbons (Fsp3) is 0.778. The SMILES string of the molecule is CC(=NC(=O)OC(C)(C)C)N1CCC(ONC(=O)[C@@H]2CC[C@@H]3CN2C(=O)N3OS(=O)(=O)O)C1. The minimum Gasteiger partial charge on any atom is -0.442 e. The average Bonchev–Trinajstić information content (AvgIpc) is 3.23. The first-order valence-corrected chi connectivity index (χ1v) is 11.9. The van der Waals surface area contributed by atoms with E-state index < -0.39 is 46.1 Å². The Kier molecular flexibility index (Phi) is 7.16. The van der Waals surface area contributed by atoms with Gasteiger partial charge in [0.1, 0.15) is 23.6 Å². The fourth-order valence-electron chi connectivity index (χ4n) is 3.92. The number of carbonyl (C=O) groups excluding carboxylic acids is 3. The largest absolute Gasteiger partial charge is 0.442 e. The summed E-state index contributed by atoms with van der Waals surface area (Å²) in [5, 5.41) is 0.575. The zero-order valence-electron chi connectivity index (χ0n) is 18.9. The first-order valence-electron chi connectivity index (χ1n) is 10.5. The van der Waals surface area contributed by atoms with Gasteiger partial charge in [0.25, 0.3) is 5.91 Å². The van der Waals surface area contributed by atoms with Crippen molar-refractivity contribution in [1.29, 1.82) is 0 Å². The molecule has 0 radical (unpaired) electrons. The Labute approximate surface area is 191 Å². The van der Waals surface area contributed by atoms with E-state index in [0.29, 0.717) is 36.8 Å². The van der Waals surface area contributed by atoms with Crippen LogP contribution >= 0.6 is 0 Å². The van der Waals surface area contributed by atoms with Crippen molar-refractivity contribution in [2.24, 2.45) is 4.99 Å². The van der Waals surface area contributed by atoms with E-state index >= 15 is 0 Å². The number of piperidine rings is 1. The van der Waals surface area contributed by atoms with Crippen molar-refractivity contribution in [1.82, 2.24) is 20.3 Å². The van der Waals surface area contributed by atoms with Crippen molar-refractivity contribution >= 4 is 34.3 Å². The predicted molar refractivity (Wildman–Crippen MR) is 112 cm³/mol. The number of amidine groups is 1. The number of likely N-dealkylation sites (tertiary alicyclic amines) is 1. The number of ether oxygens (including phenoxy) is 1. The molecule has 2 bridgehead atoms. The second-order valence-electron chi connectivity index (χ2n) is 9.09. The number of urea groups is 1. The smallest absolute Gasteiger partial charge is 0.435 e. The predicted octanol–water partition coefficient (Wildman–Crippen LogP) is 0.465. The summed E-state index contributed by atoms with van der Waals surface area (Å²) in [6.07, 6.45) is 0.119. The standard InChI is InChI=1S/C18H29N5O9S/c1-11(19-16(25)30-18(2,3)4)21-8-7-13(10-21)31-20-15(24)14-6-5-12-9-22(14)17(26)23(12)32-33(27,28)29/h12-14H,5-10H2,1-4H3,(H,20,24)(H,27,28,29)/t12-,13?,14+/m1/s1. The summed E-state index contributed by atoms with van der Waals surface area (Å²) in [4.78, 5) is 49.3. The van der Waals surface area contributed by atoms with Gasteiger partial charge in [0, 0.05) is 19.6 Å². The Morgan fingerprint density at radius 3 is 2.52 bits per heavy atom. The minimum absolute atomic E-state index is 0.0873. The third-order valence-corrected chi connectivity index (χ3v) is 5.72. The maximum absolute atomic E-state index is 12.6. The van der Waals surface area contributed by atoms with Gasteiger partial charge in [-0.05, 0) is 47.0 Å². The van der Waals surface area contributed by atoms with Crippen molar-refractivity contribution < 1.29 is 41.2 Å². The lowest BCUT2D eigenvalue weighted by Gasteiger charge is -2.29. The number of hydroxylamine groups is 3. The van der Waals surface area contributed by atoms with Crippen molar-refractivity contribution in [2.45, 2.75) is 70.7 Å². The van der Waals surface area contributed by atoms with Crippen molar-refractivity contribution in [2.75, 3.05) is 19.6 Å². The Morgan fingerprint density at radius 2 is 1.88 bits per heavy atom. The van der Waals surface area contributed by atoms with E-state index in [4.69, 9.17) is 14.1 Å². The molecule has 1 unspecified atom stereocenters. The Morgan fingerprint density at radius 1 is 1.18 bits per heavy atom. The van der Waals surface area contributed by atoms with Crippen LogP contribution in [-0.2, 0) is 29.1 Å². The number of rotatable bonds is 5. The molecule has 3 atom stereocenters. The second kappa shape index (κ2) is 9.40. The molecule has 186 valence electrons. The Hall–Kier alpha value is -2.49. The van der Waals surface area contributed by atoms with Gasteiger partial charge in [0.2, 0.25) is 0 Å². The summed E-state index contributed by atoms with van der Waals surface area (Å²) in [5.74, 6) is -0.0744. The molecular formula is C18H29N5O9S. The lowest BCUT2D eigenvalue weighted by atomic mass is 10.0. The van der Waals surface area contributed by atoms with Gasteiger partial charge in [0.05, 0.1) is 6.04 Å². The normalized spacial score (nSPS) is 26.1. The summed E-state index contributed by atoms with van der Waals surface area (Å²) < 4.78 is 40.3. The molecule has 0 aromatic rings. The van der Waals surface area contributed by atoms with Gasteiger partial charge in [-0.1, -0.05) is 0 Å².